The van der Waals surface area contributed by atoms with Crippen LogP contribution < -0.4 is 4.90 Å². The van der Waals surface area contributed by atoms with Crippen LogP contribution in [-0.4, -0.2) is 12.7 Å². The number of hydrogen-bond donors (Lipinski definition) is 0. The Labute approximate surface area is 95.3 Å². The Balaban J connectivity index is 2.19. The number of nitrogens with zero attached hydrogens (tertiary/aromatic N) is 1. The molecule has 0 bridgehead atoms. The maximum Gasteiger partial charge on any atom is 0.418 e. The lowest BCUT2D eigenvalue weighted by molar-refractivity contribution is 0.156. The van der Waals surface area contributed by atoms with Gasteiger partial charge in [0.2, 0.25) is 0 Å². The number of anilines is 1. The van der Waals surface area contributed by atoms with Crippen LogP contribution in [0, 0.1) is 0 Å². The second-order valence-electron chi connectivity index (χ2n) is 3.70. The van der Waals surface area contributed by atoms with Gasteiger partial charge in [-0.15, -0.1) is 0 Å². The second-order valence-corrected chi connectivity index (χ2v) is 3.70. The predicted octanol–water partition coefficient (Wildman–Crippen LogP) is 3.11. The highest BCUT2D eigenvalue weighted by Gasteiger charge is 2.19. The van der Waals surface area contributed by atoms with Crippen molar-refractivity contribution in [3.05, 3.63) is 42.1 Å². The van der Waals surface area contributed by atoms with Crippen LogP contribution in [-0.2, 0) is 11.2 Å². The van der Waals surface area contributed by atoms with Gasteiger partial charge in [0.15, 0.2) is 0 Å². The number of fused-ring (bicyclic) bond motifs is 1. The molecule has 1 amide bonds. The minimum Gasteiger partial charge on any atom is -0.449 e. The first-order chi connectivity index (χ1) is 7.83. The molecule has 3 nitrogen and oxygen atoms in total. The normalized spacial score (nSPS) is 13.4. The van der Waals surface area contributed by atoms with Gasteiger partial charge in [-0.3, -0.25) is 4.90 Å². The van der Waals surface area contributed by atoms with Gasteiger partial charge in [-0.25, -0.2) is 4.79 Å². The Morgan fingerprint density at radius 2 is 2.25 bits per heavy atom. The highest BCUT2D eigenvalue weighted by molar-refractivity contribution is 5.91. The van der Waals surface area contributed by atoms with Crippen LogP contribution in [0.5, 0.6) is 0 Å². The number of para-hydroxylation sites is 1. The van der Waals surface area contributed by atoms with Crippen molar-refractivity contribution in [1.82, 2.24) is 0 Å². The monoisotopic (exact) mass is 217 g/mol. The third-order valence-corrected chi connectivity index (χ3v) is 2.47. The van der Waals surface area contributed by atoms with E-state index in [1.165, 1.54) is 0 Å². The fourth-order valence-corrected chi connectivity index (χ4v) is 1.70. The summed E-state index contributed by atoms with van der Waals surface area (Å²) in [5, 5.41) is 0. The van der Waals surface area contributed by atoms with Crippen molar-refractivity contribution in [3.8, 4) is 0 Å². The first-order valence-electron chi connectivity index (χ1n) is 5.53. The van der Waals surface area contributed by atoms with Crippen molar-refractivity contribution in [1.29, 1.82) is 0 Å². The van der Waals surface area contributed by atoms with E-state index in [1.54, 1.807) is 11.1 Å². The molecular formula is C13H15NO2. The summed E-state index contributed by atoms with van der Waals surface area (Å²) in [6, 6.07) is 7.87. The van der Waals surface area contributed by atoms with Crippen molar-refractivity contribution >= 4 is 11.8 Å². The number of carbonyl (C=O) groups excluding carboxylic acids is 1. The number of ether oxygens (including phenoxy) is 1. The van der Waals surface area contributed by atoms with Gasteiger partial charge >= 0.3 is 6.09 Å². The van der Waals surface area contributed by atoms with E-state index in [-0.39, 0.29) is 6.09 Å². The first-order valence-corrected chi connectivity index (χ1v) is 5.53. The zero-order valence-corrected chi connectivity index (χ0v) is 9.35. The van der Waals surface area contributed by atoms with Gasteiger partial charge in [0, 0.05) is 6.20 Å². The van der Waals surface area contributed by atoms with Gasteiger partial charge in [0.1, 0.15) is 0 Å². The maximum absolute atomic E-state index is 11.8. The number of rotatable bonds is 2. The highest BCUT2D eigenvalue weighted by atomic mass is 16.6. The Morgan fingerprint density at radius 1 is 1.44 bits per heavy atom. The maximum atomic E-state index is 11.8. The minimum atomic E-state index is -0.301. The topological polar surface area (TPSA) is 29.5 Å². The number of allylic oxidation sites excluding steroid dienone is 1. The SMILES string of the molecule is CCCOC(=O)N1C=CCc2ccccc21. The van der Waals surface area contributed by atoms with E-state index in [2.05, 4.69) is 0 Å². The summed E-state index contributed by atoms with van der Waals surface area (Å²) < 4.78 is 5.12. The van der Waals surface area contributed by atoms with Crippen molar-refractivity contribution in [3.63, 3.8) is 0 Å². The van der Waals surface area contributed by atoms with Crippen LogP contribution >= 0.6 is 0 Å². The zero-order chi connectivity index (χ0) is 11.4. The van der Waals surface area contributed by atoms with Gasteiger partial charge in [-0.2, -0.15) is 0 Å². The van der Waals surface area contributed by atoms with E-state index in [0.29, 0.717) is 6.61 Å². The number of amides is 1. The molecule has 0 fully saturated rings. The van der Waals surface area contributed by atoms with Gasteiger partial charge in [-0.05, 0) is 24.5 Å². The number of benzene rings is 1. The molecule has 1 aromatic rings. The summed E-state index contributed by atoms with van der Waals surface area (Å²) in [5.74, 6) is 0. The first kappa shape index (κ1) is 10.7. The Hall–Kier alpha value is -1.77. The smallest absolute Gasteiger partial charge is 0.418 e. The number of carbonyl (C=O) groups is 1. The van der Waals surface area contributed by atoms with Crippen molar-refractivity contribution < 1.29 is 9.53 Å². The Kier molecular flexibility index (Phi) is 3.25. The van der Waals surface area contributed by atoms with E-state index in [9.17, 15) is 4.79 Å². The lowest BCUT2D eigenvalue weighted by atomic mass is 10.1. The molecular weight excluding hydrogens is 202 g/mol. The molecule has 84 valence electrons. The lowest BCUT2D eigenvalue weighted by Crippen LogP contribution is -2.28. The van der Waals surface area contributed by atoms with Crippen molar-refractivity contribution in [2.75, 3.05) is 11.5 Å². The molecule has 1 aromatic carbocycles. The molecule has 1 heterocycles. The summed E-state index contributed by atoms with van der Waals surface area (Å²) in [5.41, 5.74) is 2.07. The Bertz CT molecular complexity index is 412. The van der Waals surface area contributed by atoms with E-state index in [0.717, 1.165) is 24.1 Å². The van der Waals surface area contributed by atoms with Crippen LogP contribution in [0.3, 0.4) is 0 Å². The molecule has 0 radical (unpaired) electrons. The van der Waals surface area contributed by atoms with Gasteiger partial charge in [-0.1, -0.05) is 31.2 Å². The molecule has 0 N–H and O–H groups in total. The summed E-state index contributed by atoms with van der Waals surface area (Å²) in [7, 11) is 0. The minimum absolute atomic E-state index is 0.301. The number of hydrogen-bond acceptors (Lipinski definition) is 2. The van der Waals surface area contributed by atoms with Crippen LogP contribution in [0.4, 0.5) is 10.5 Å². The molecule has 0 spiro atoms. The molecule has 1 aliphatic rings. The lowest BCUT2D eigenvalue weighted by Gasteiger charge is -2.23. The third-order valence-electron chi connectivity index (χ3n) is 2.47. The van der Waals surface area contributed by atoms with Gasteiger partial charge < -0.3 is 4.74 Å². The van der Waals surface area contributed by atoms with Crippen LogP contribution in [0.1, 0.15) is 18.9 Å². The van der Waals surface area contributed by atoms with E-state index in [4.69, 9.17) is 4.74 Å². The summed E-state index contributed by atoms with van der Waals surface area (Å²) in [4.78, 5) is 13.3. The van der Waals surface area contributed by atoms with Gasteiger partial charge in [0.05, 0.1) is 12.3 Å². The fourth-order valence-electron chi connectivity index (χ4n) is 1.70. The summed E-state index contributed by atoms with van der Waals surface area (Å²) in [6.45, 7) is 2.44. The Morgan fingerprint density at radius 3 is 3.06 bits per heavy atom. The molecule has 0 atom stereocenters. The average molecular weight is 217 g/mol. The fraction of sp³-hybridized carbons (Fsp3) is 0.308. The van der Waals surface area contributed by atoms with Crippen molar-refractivity contribution in [2.24, 2.45) is 0 Å². The summed E-state index contributed by atoms with van der Waals surface area (Å²) in [6.07, 6.45) is 5.15. The molecule has 3 heteroatoms. The molecule has 0 saturated carbocycles. The molecule has 2 rings (SSSR count). The quantitative estimate of drug-likeness (QED) is 0.761. The molecule has 16 heavy (non-hydrogen) atoms. The molecule has 0 aromatic heterocycles. The van der Waals surface area contributed by atoms with E-state index in [1.807, 2.05) is 37.3 Å². The van der Waals surface area contributed by atoms with E-state index >= 15 is 0 Å². The van der Waals surface area contributed by atoms with E-state index < -0.39 is 0 Å². The molecule has 0 unspecified atom stereocenters. The largest absolute Gasteiger partial charge is 0.449 e. The third kappa shape index (κ3) is 2.08. The van der Waals surface area contributed by atoms with Crippen LogP contribution in [0.2, 0.25) is 0 Å². The molecule has 1 aliphatic heterocycles. The predicted molar refractivity (Wildman–Crippen MR) is 63.4 cm³/mol. The van der Waals surface area contributed by atoms with Crippen LogP contribution in [0.15, 0.2) is 36.5 Å². The zero-order valence-electron chi connectivity index (χ0n) is 9.35. The summed E-state index contributed by atoms with van der Waals surface area (Å²) >= 11 is 0. The highest BCUT2D eigenvalue weighted by Crippen LogP contribution is 2.25. The molecule has 0 aliphatic carbocycles. The second kappa shape index (κ2) is 4.84. The van der Waals surface area contributed by atoms with Crippen molar-refractivity contribution in [2.45, 2.75) is 19.8 Å². The molecule has 0 saturated heterocycles. The van der Waals surface area contributed by atoms with Gasteiger partial charge in [0.25, 0.3) is 0 Å². The standard InChI is InChI=1S/C13H15NO2/c1-2-10-16-13(15)14-9-5-7-11-6-3-4-8-12(11)14/h3-6,8-9H,2,7,10H2,1H3. The van der Waals surface area contributed by atoms with Crippen LogP contribution in [0.25, 0.3) is 0 Å². The average Bonchev–Trinajstić information content (AvgIpc) is 2.35.